The van der Waals surface area contributed by atoms with Gasteiger partial charge in [-0.1, -0.05) is 41.9 Å². The van der Waals surface area contributed by atoms with Crippen LogP contribution >= 0.6 is 11.6 Å². The van der Waals surface area contributed by atoms with Crippen molar-refractivity contribution in [2.75, 3.05) is 22.9 Å². The smallest absolute Gasteiger partial charge is 0.241 e. The molecule has 0 saturated carbocycles. The number of anilines is 2. The number of carbonyl (C=O) groups excluding carboxylic acids is 1. The number of hydrogen-bond acceptors (Lipinski definition) is 4. The van der Waals surface area contributed by atoms with E-state index in [-0.39, 0.29) is 17.9 Å². The Labute approximate surface area is 202 Å². The molecule has 2 heterocycles. The lowest BCUT2D eigenvalue weighted by Gasteiger charge is -2.42. The number of nitrogens with two attached hydrogens (primary N) is 1. The van der Waals surface area contributed by atoms with E-state index in [2.05, 4.69) is 4.90 Å². The molecule has 0 radical (unpaired) electrons. The highest BCUT2D eigenvalue weighted by Gasteiger charge is 2.41. The Morgan fingerprint density at radius 1 is 1.09 bits per heavy atom. The summed E-state index contributed by atoms with van der Waals surface area (Å²) in [5, 5.41) is 5.85. The average Bonchev–Trinajstić information content (AvgIpc) is 3.06. The highest BCUT2D eigenvalue weighted by molar-refractivity contribution is 7.89. The first kappa shape index (κ1) is 22.8. The zero-order valence-electron chi connectivity index (χ0n) is 18.4. The van der Waals surface area contributed by atoms with Crippen LogP contribution in [0.1, 0.15) is 12.5 Å². The van der Waals surface area contributed by atoms with Gasteiger partial charge in [-0.15, -0.1) is 0 Å². The molecule has 3 aromatic rings. The molecule has 2 aliphatic heterocycles. The monoisotopic (exact) mass is 499 g/mol. The number of sulfonamides is 1. The van der Waals surface area contributed by atoms with E-state index in [4.69, 9.17) is 16.7 Å². The molecule has 34 heavy (non-hydrogen) atoms. The number of carbonyl (C=O) groups is 1. The van der Waals surface area contributed by atoms with Gasteiger partial charge in [0.05, 0.1) is 5.92 Å². The summed E-state index contributed by atoms with van der Waals surface area (Å²) in [4.78, 5) is 16.4. The Hall–Kier alpha value is -2.94. The van der Waals surface area contributed by atoms with E-state index < -0.39 is 20.7 Å². The molecule has 1 amide bonds. The van der Waals surface area contributed by atoms with Gasteiger partial charge in [0, 0.05) is 41.1 Å². The molecule has 176 valence electrons. The maximum Gasteiger partial charge on any atom is 0.241 e. The molecule has 0 aromatic heterocycles. The fraction of sp³-hybridized carbons (Fsp3) is 0.240. The minimum absolute atomic E-state index is 0.0952. The summed E-state index contributed by atoms with van der Waals surface area (Å²) >= 11 is 6.29. The standard InChI is InChI=1S/C25H23ClFN3O3S/c1-15-10-17-11-22(27)24(34(28,32)33)12-23(17)30(15)25(31)18-13-29(14-18)19-8-6-16(7-9-19)20-4-2-3-5-21(20)26/h2-9,11-12,15,18H,10,13-14H2,1H3,(H2,28,32,33)/t15-/m0/s1. The number of benzene rings is 3. The number of fused-ring (bicyclic) bond motifs is 1. The predicted molar refractivity (Wildman–Crippen MR) is 131 cm³/mol. The van der Waals surface area contributed by atoms with E-state index >= 15 is 0 Å². The van der Waals surface area contributed by atoms with E-state index in [1.807, 2.05) is 55.5 Å². The summed E-state index contributed by atoms with van der Waals surface area (Å²) in [6.45, 7) is 2.97. The van der Waals surface area contributed by atoms with Crippen molar-refractivity contribution in [1.82, 2.24) is 0 Å². The van der Waals surface area contributed by atoms with Crippen molar-refractivity contribution < 1.29 is 17.6 Å². The van der Waals surface area contributed by atoms with Gasteiger partial charge >= 0.3 is 0 Å². The SMILES string of the molecule is C[C@H]1Cc2cc(F)c(S(N)(=O)=O)cc2N1C(=O)C1CN(c2ccc(-c3ccccc3Cl)cc2)C1. The zero-order chi connectivity index (χ0) is 24.2. The van der Waals surface area contributed by atoms with Crippen LogP contribution in [0.5, 0.6) is 0 Å². The molecule has 2 N–H and O–H groups in total. The van der Waals surface area contributed by atoms with Gasteiger partial charge in [-0.25, -0.2) is 17.9 Å². The molecule has 0 aliphatic carbocycles. The van der Waals surface area contributed by atoms with Crippen molar-refractivity contribution in [2.45, 2.75) is 24.3 Å². The Morgan fingerprint density at radius 3 is 2.41 bits per heavy atom. The van der Waals surface area contributed by atoms with Gasteiger partial charge in [0.25, 0.3) is 0 Å². The van der Waals surface area contributed by atoms with Gasteiger partial charge in [0.2, 0.25) is 15.9 Å². The first-order valence-electron chi connectivity index (χ1n) is 10.9. The topological polar surface area (TPSA) is 83.7 Å². The van der Waals surface area contributed by atoms with Gasteiger partial charge in [0.15, 0.2) is 0 Å². The third-order valence-electron chi connectivity index (χ3n) is 6.54. The molecular weight excluding hydrogens is 477 g/mol. The summed E-state index contributed by atoms with van der Waals surface area (Å²) in [6.07, 6.45) is 0.461. The highest BCUT2D eigenvalue weighted by atomic mass is 35.5. The van der Waals surface area contributed by atoms with E-state index in [9.17, 15) is 17.6 Å². The highest BCUT2D eigenvalue weighted by Crippen LogP contribution is 2.38. The second-order valence-corrected chi connectivity index (χ2v) is 10.8. The molecule has 6 nitrogen and oxygen atoms in total. The van der Waals surface area contributed by atoms with Crippen LogP contribution in [0.15, 0.2) is 65.6 Å². The van der Waals surface area contributed by atoms with E-state index in [1.165, 1.54) is 12.1 Å². The number of halogens is 2. The minimum Gasteiger partial charge on any atom is -0.370 e. The van der Waals surface area contributed by atoms with Gasteiger partial charge in [-0.05, 0) is 54.8 Å². The van der Waals surface area contributed by atoms with Crippen LogP contribution in [0.2, 0.25) is 5.02 Å². The van der Waals surface area contributed by atoms with Crippen LogP contribution in [0.25, 0.3) is 11.1 Å². The van der Waals surface area contributed by atoms with E-state index in [1.54, 1.807) is 4.90 Å². The van der Waals surface area contributed by atoms with Crippen LogP contribution < -0.4 is 14.9 Å². The molecule has 9 heteroatoms. The second-order valence-electron chi connectivity index (χ2n) is 8.85. The first-order chi connectivity index (χ1) is 16.1. The summed E-state index contributed by atoms with van der Waals surface area (Å²) in [5.74, 6) is -1.22. The molecule has 1 fully saturated rings. The van der Waals surface area contributed by atoms with Gasteiger partial charge < -0.3 is 9.80 Å². The normalized spacial score (nSPS) is 18.1. The summed E-state index contributed by atoms with van der Waals surface area (Å²) < 4.78 is 37.8. The largest absolute Gasteiger partial charge is 0.370 e. The molecule has 0 bridgehead atoms. The van der Waals surface area contributed by atoms with Crippen molar-refractivity contribution in [3.63, 3.8) is 0 Å². The molecule has 5 rings (SSSR count). The lowest BCUT2D eigenvalue weighted by Crippen LogP contribution is -2.55. The quantitative estimate of drug-likeness (QED) is 0.583. The third kappa shape index (κ3) is 3.96. The second kappa shape index (κ2) is 8.37. The number of primary sulfonamides is 1. The predicted octanol–water partition coefficient (Wildman–Crippen LogP) is 4.21. The summed E-state index contributed by atoms with van der Waals surface area (Å²) in [5.41, 5.74) is 4.02. The molecule has 3 aromatic carbocycles. The van der Waals surface area contributed by atoms with Crippen molar-refractivity contribution in [3.8, 4) is 11.1 Å². The van der Waals surface area contributed by atoms with E-state index in [0.717, 1.165) is 16.8 Å². The lowest BCUT2D eigenvalue weighted by atomic mass is 9.96. The third-order valence-corrected chi connectivity index (χ3v) is 7.80. The lowest BCUT2D eigenvalue weighted by molar-refractivity contribution is -0.123. The Kier molecular flexibility index (Phi) is 5.62. The molecule has 2 aliphatic rings. The zero-order valence-corrected chi connectivity index (χ0v) is 20.0. The van der Waals surface area contributed by atoms with Gasteiger partial charge in [-0.2, -0.15) is 0 Å². The first-order valence-corrected chi connectivity index (χ1v) is 12.8. The molecule has 0 spiro atoms. The minimum atomic E-state index is -4.23. The maximum absolute atomic E-state index is 14.3. The Bertz CT molecular complexity index is 1390. The molecule has 1 atom stereocenters. The van der Waals surface area contributed by atoms with Crippen molar-refractivity contribution >= 4 is 38.9 Å². The van der Waals surface area contributed by atoms with Gasteiger partial charge in [0.1, 0.15) is 10.7 Å². The van der Waals surface area contributed by atoms with Crippen LogP contribution in [0, 0.1) is 11.7 Å². The molecular formula is C25H23ClFN3O3S. The average molecular weight is 500 g/mol. The van der Waals surface area contributed by atoms with Crippen molar-refractivity contribution in [1.29, 1.82) is 0 Å². The van der Waals surface area contributed by atoms with Gasteiger partial charge in [-0.3, -0.25) is 4.79 Å². The number of rotatable bonds is 4. The van der Waals surface area contributed by atoms with Crippen LogP contribution in [0.4, 0.5) is 15.8 Å². The number of hydrogen-bond donors (Lipinski definition) is 1. The van der Waals surface area contributed by atoms with Crippen molar-refractivity contribution in [3.05, 3.63) is 77.1 Å². The molecule has 1 saturated heterocycles. The maximum atomic E-state index is 14.3. The van der Waals surface area contributed by atoms with E-state index in [0.29, 0.717) is 35.8 Å². The van der Waals surface area contributed by atoms with Crippen LogP contribution in [-0.2, 0) is 21.2 Å². The fourth-order valence-corrected chi connectivity index (χ4v) is 5.61. The summed E-state index contributed by atoms with van der Waals surface area (Å²) in [7, 11) is -4.23. The van der Waals surface area contributed by atoms with Crippen molar-refractivity contribution in [2.24, 2.45) is 11.1 Å². The fourth-order valence-electron chi connectivity index (χ4n) is 4.76. The molecule has 0 unspecified atom stereocenters. The Balaban J connectivity index is 1.31. The van der Waals surface area contributed by atoms with Crippen LogP contribution in [0.3, 0.4) is 0 Å². The Morgan fingerprint density at radius 2 is 1.76 bits per heavy atom. The summed E-state index contributed by atoms with van der Waals surface area (Å²) in [6, 6.07) is 17.9. The number of amides is 1. The number of nitrogens with zero attached hydrogens (tertiary/aromatic N) is 2. The van der Waals surface area contributed by atoms with Crippen LogP contribution in [-0.4, -0.2) is 33.5 Å².